The molecule has 0 radical (unpaired) electrons. The minimum atomic E-state index is -0.583. The largest absolute Gasteiger partial charge is 0.383 e. The maximum Gasteiger partial charge on any atom is 0.107 e. The van der Waals surface area contributed by atoms with Gasteiger partial charge in [0.25, 0.3) is 0 Å². The molecular weight excluding hydrogens is 126 g/mol. The van der Waals surface area contributed by atoms with E-state index in [9.17, 15) is 0 Å². The third-order valence-corrected chi connectivity index (χ3v) is 1.24. The van der Waals surface area contributed by atoms with Crippen LogP contribution in [0.25, 0.3) is 0 Å². The predicted molar refractivity (Wildman–Crippen MR) is 35.3 cm³/mol. The molecule has 0 unspecified atom stereocenters. The van der Waals surface area contributed by atoms with Crippen LogP contribution in [0.3, 0.4) is 0 Å². The third-order valence-electron chi connectivity index (χ3n) is 1.24. The van der Waals surface area contributed by atoms with Gasteiger partial charge in [0, 0.05) is 13.1 Å². The Morgan fingerprint density at radius 2 is 2.12 bits per heavy atom. The topological polar surface area (TPSA) is 32.3 Å². The van der Waals surface area contributed by atoms with Crippen LogP contribution in [-0.2, 0) is 0 Å². The van der Waals surface area contributed by atoms with Crippen molar-refractivity contribution in [2.45, 2.75) is 5.60 Å². The Labute approximate surface area is 55.0 Å². The summed E-state index contributed by atoms with van der Waals surface area (Å²) in [5.74, 6) is 0. The lowest BCUT2D eigenvalue weighted by atomic mass is 9.98. The van der Waals surface area contributed by atoms with Crippen LogP contribution in [0.1, 0.15) is 0 Å². The fraction of sp³-hybridized carbons (Fsp3) is 0.600. The van der Waals surface area contributed by atoms with Gasteiger partial charge < -0.3 is 10.4 Å². The SMILES string of the molecule is C=CC1(O)CNC1.Cl. The zero-order valence-electron chi connectivity index (χ0n) is 4.55. The monoisotopic (exact) mass is 135 g/mol. The molecule has 0 saturated carbocycles. The first-order valence-corrected chi connectivity index (χ1v) is 2.33. The van der Waals surface area contributed by atoms with Crippen molar-refractivity contribution in [1.82, 2.24) is 5.32 Å². The van der Waals surface area contributed by atoms with Gasteiger partial charge in [-0.1, -0.05) is 6.08 Å². The average Bonchev–Trinajstić information content (AvgIpc) is 1.61. The molecule has 0 atom stereocenters. The van der Waals surface area contributed by atoms with Crippen molar-refractivity contribution in [2.75, 3.05) is 13.1 Å². The molecule has 1 heterocycles. The lowest BCUT2D eigenvalue weighted by Crippen LogP contribution is -2.57. The Morgan fingerprint density at radius 3 is 2.12 bits per heavy atom. The summed E-state index contributed by atoms with van der Waals surface area (Å²) in [4.78, 5) is 0. The highest BCUT2D eigenvalue weighted by molar-refractivity contribution is 5.85. The van der Waals surface area contributed by atoms with Crippen molar-refractivity contribution in [2.24, 2.45) is 0 Å². The van der Waals surface area contributed by atoms with Gasteiger partial charge in [-0.2, -0.15) is 0 Å². The number of rotatable bonds is 1. The van der Waals surface area contributed by atoms with Gasteiger partial charge in [0.1, 0.15) is 5.60 Å². The van der Waals surface area contributed by atoms with Gasteiger partial charge >= 0.3 is 0 Å². The van der Waals surface area contributed by atoms with E-state index in [1.54, 1.807) is 6.08 Å². The molecule has 1 fully saturated rings. The normalized spacial score (nSPS) is 22.6. The predicted octanol–water partition coefficient (Wildman–Crippen LogP) is -0.0715. The van der Waals surface area contributed by atoms with Crippen LogP contribution in [0, 0.1) is 0 Å². The molecule has 0 aromatic carbocycles. The first-order valence-electron chi connectivity index (χ1n) is 2.33. The van der Waals surface area contributed by atoms with E-state index >= 15 is 0 Å². The summed E-state index contributed by atoms with van der Waals surface area (Å²) in [6.45, 7) is 4.79. The minimum absolute atomic E-state index is 0. The van der Waals surface area contributed by atoms with E-state index in [1.807, 2.05) is 0 Å². The highest BCUT2D eigenvalue weighted by atomic mass is 35.5. The van der Waals surface area contributed by atoms with Gasteiger partial charge in [0.15, 0.2) is 0 Å². The van der Waals surface area contributed by atoms with Gasteiger partial charge in [-0.05, 0) is 0 Å². The molecule has 1 rings (SSSR count). The molecule has 0 aromatic heterocycles. The standard InChI is InChI=1S/C5H9NO.ClH/c1-2-5(7)3-6-4-5;/h2,6-7H,1,3-4H2;1H. The number of aliphatic hydroxyl groups is 1. The molecule has 3 heteroatoms. The first-order chi connectivity index (χ1) is 3.27. The van der Waals surface area contributed by atoms with Crippen LogP contribution in [0.5, 0.6) is 0 Å². The van der Waals surface area contributed by atoms with Crippen molar-refractivity contribution in [1.29, 1.82) is 0 Å². The van der Waals surface area contributed by atoms with Crippen molar-refractivity contribution < 1.29 is 5.11 Å². The second-order valence-electron chi connectivity index (χ2n) is 1.91. The van der Waals surface area contributed by atoms with Gasteiger partial charge in [-0.3, -0.25) is 0 Å². The molecule has 0 amide bonds. The maximum absolute atomic E-state index is 9.04. The summed E-state index contributed by atoms with van der Waals surface area (Å²) in [6, 6.07) is 0. The molecular formula is C5H10ClNO. The molecule has 48 valence electrons. The van der Waals surface area contributed by atoms with Crippen LogP contribution in [0.4, 0.5) is 0 Å². The molecule has 8 heavy (non-hydrogen) atoms. The number of halogens is 1. The Kier molecular flexibility index (Phi) is 2.47. The molecule has 2 nitrogen and oxygen atoms in total. The van der Waals surface area contributed by atoms with Crippen molar-refractivity contribution in [3.63, 3.8) is 0 Å². The number of hydrogen-bond acceptors (Lipinski definition) is 2. The number of nitrogens with one attached hydrogen (secondary N) is 1. The highest BCUT2D eigenvalue weighted by Crippen LogP contribution is 2.09. The summed E-state index contributed by atoms with van der Waals surface area (Å²) in [5.41, 5.74) is -0.583. The van der Waals surface area contributed by atoms with E-state index in [0.717, 1.165) is 0 Å². The smallest absolute Gasteiger partial charge is 0.107 e. The zero-order valence-corrected chi connectivity index (χ0v) is 5.37. The molecule has 0 aromatic rings. The summed E-state index contributed by atoms with van der Waals surface area (Å²) in [6.07, 6.45) is 1.57. The second kappa shape index (κ2) is 2.49. The molecule has 1 aliphatic heterocycles. The van der Waals surface area contributed by atoms with Crippen LogP contribution in [-0.4, -0.2) is 23.8 Å². The molecule has 1 aliphatic rings. The lowest BCUT2D eigenvalue weighted by molar-refractivity contribution is 0.0379. The van der Waals surface area contributed by atoms with Gasteiger partial charge in [0.05, 0.1) is 0 Å². The van der Waals surface area contributed by atoms with E-state index in [1.165, 1.54) is 0 Å². The Morgan fingerprint density at radius 1 is 1.62 bits per heavy atom. The maximum atomic E-state index is 9.04. The Balaban J connectivity index is 0.000000490. The van der Waals surface area contributed by atoms with E-state index in [4.69, 9.17) is 5.11 Å². The lowest BCUT2D eigenvalue weighted by Gasteiger charge is -2.34. The van der Waals surface area contributed by atoms with E-state index < -0.39 is 5.60 Å². The average molecular weight is 136 g/mol. The number of hydrogen-bond donors (Lipinski definition) is 2. The number of β-amino-alcohol motifs (C(OH)–C–C–N with tert-alkyl or cyclic N) is 1. The second-order valence-corrected chi connectivity index (χ2v) is 1.91. The van der Waals surface area contributed by atoms with Gasteiger partial charge in [-0.15, -0.1) is 19.0 Å². The third kappa shape index (κ3) is 1.22. The zero-order chi connectivity index (χ0) is 5.33. The molecule has 2 N–H and O–H groups in total. The van der Waals surface area contributed by atoms with Crippen LogP contribution in [0.15, 0.2) is 12.7 Å². The summed E-state index contributed by atoms with van der Waals surface area (Å²) >= 11 is 0. The fourth-order valence-corrected chi connectivity index (χ4v) is 0.525. The summed E-state index contributed by atoms with van der Waals surface area (Å²) in [5, 5.41) is 12.0. The highest BCUT2D eigenvalue weighted by Gasteiger charge is 2.29. The molecule has 0 aliphatic carbocycles. The van der Waals surface area contributed by atoms with E-state index in [0.29, 0.717) is 13.1 Å². The van der Waals surface area contributed by atoms with E-state index in [-0.39, 0.29) is 12.4 Å². The molecule has 1 saturated heterocycles. The Bertz CT molecular complexity index is 90.4. The van der Waals surface area contributed by atoms with Crippen LogP contribution in [0.2, 0.25) is 0 Å². The van der Waals surface area contributed by atoms with E-state index in [2.05, 4.69) is 11.9 Å². The van der Waals surface area contributed by atoms with Crippen molar-refractivity contribution in [3.8, 4) is 0 Å². The Hall–Kier alpha value is -0.0500. The minimum Gasteiger partial charge on any atom is -0.383 e. The van der Waals surface area contributed by atoms with Crippen LogP contribution >= 0.6 is 12.4 Å². The molecule has 0 bridgehead atoms. The van der Waals surface area contributed by atoms with Crippen LogP contribution < -0.4 is 5.32 Å². The van der Waals surface area contributed by atoms with Crippen molar-refractivity contribution >= 4 is 12.4 Å². The molecule has 0 spiro atoms. The quantitative estimate of drug-likeness (QED) is 0.494. The summed E-state index contributed by atoms with van der Waals surface area (Å²) in [7, 11) is 0. The van der Waals surface area contributed by atoms with Gasteiger partial charge in [-0.25, -0.2) is 0 Å². The summed E-state index contributed by atoms with van der Waals surface area (Å²) < 4.78 is 0. The fourth-order valence-electron chi connectivity index (χ4n) is 0.525. The van der Waals surface area contributed by atoms with Gasteiger partial charge in [0.2, 0.25) is 0 Å². The van der Waals surface area contributed by atoms with Crippen molar-refractivity contribution in [3.05, 3.63) is 12.7 Å². The first kappa shape index (κ1) is 7.95.